The summed E-state index contributed by atoms with van der Waals surface area (Å²) in [5.41, 5.74) is 0.681. The monoisotopic (exact) mass is 224 g/mol. The van der Waals surface area contributed by atoms with Crippen LogP contribution < -0.4 is 5.32 Å². The van der Waals surface area contributed by atoms with E-state index in [0.29, 0.717) is 16.3 Å². The third-order valence-electron chi connectivity index (χ3n) is 1.97. The van der Waals surface area contributed by atoms with Gasteiger partial charge in [-0.15, -0.1) is 0 Å². The van der Waals surface area contributed by atoms with Gasteiger partial charge in [-0.25, -0.2) is 0 Å². The molecule has 0 radical (unpaired) electrons. The van der Waals surface area contributed by atoms with Crippen molar-refractivity contribution in [1.82, 2.24) is 0 Å². The summed E-state index contributed by atoms with van der Waals surface area (Å²) in [6.07, 6.45) is 0. The van der Waals surface area contributed by atoms with Crippen LogP contribution in [-0.4, -0.2) is 17.3 Å². The van der Waals surface area contributed by atoms with Gasteiger partial charge in [0.1, 0.15) is 6.07 Å². The maximum absolute atomic E-state index is 9.11. The minimum atomic E-state index is -0.476. The summed E-state index contributed by atoms with van der Waals surface area (Å²) in [5.74, 6) is 0. The van der Waals surface area contributed by atoms with Crippen molar-refractivity contribution in [3.63, 3.8) is 0 Å². The molecule has 0 atom stereocenters. The van der Waals surface area contributed by atoms with Crippen LogP contribution in [0.3, 0.4) is 0 Å². The highest BCUT2D eigenvalue weighted by atomic mass is 35.5. The van der Waals surface area contributed by atoms with Gasteiger partial charge in [0.05, 0.1) is 23.4 Å². The van der Waals surface area contributed by atoms with Crippen LogP contribution >= 0.6 is 11.6 Å². The molecule has 0 aliphatic carbocycles. The largest absolute Gasteiger partial charge is 0.394 e. The number of nitrogens with zero attached hydrogens (tertiary/aromatic N) is 1. The van der Waals surface area contributed by atoms with Crippen molar-refractivity contribution in [2.75, 3.05) is 11.9 Å². The molecule has 0 heterocycles. The molecule has 0 fully saturated rings. The Morgan fingerprint density at radius 2 is 2.20 bits per heavy atom. The van der Waals surface area contributed by atoms with Gasteiger partial charge in [0.15, 0.2) is 0 Å². The van der Waals surface area contributed by atoms with E-state index in [2.05, 4.69) is 11.4 Å². The van der Waals surface area contributed by atoms with Gasteiger partial charge < -0.3 is 10.4 Å². The molecule has 1 aromatic carbocycles. The predicted octanol–water partition coefficient (Wildman–Crippen LogP) is 2.39. The number of benzene rings is 1. The van der Waals surface area contributed by atoms with Crippen LogP contribution in [0.15, 0.2) is 18.2 Å². The lowest BCUT2D eigenvalue weighted by molar-refractivity contribution is 0.234. The Morgan fingerprint density at radius 1 is 1.53 bits per heavy atom. The molecule has 0 amide bonds. The standard InChI is InChI=1S/C11H13ClN2O/c1-11(2,7-15)14-10-5-9(12)4-3-8(10)6-13/h3-5,14-15H,7H2,1-2H3. The van der Waals surface area contributed by atoms with Crippen LogP contribution in [0.5, 0.6) is 0 Å². The number of hydrogen-bond donors (Lipinski definition) is 2. The Bertz CT molecular complexity index is 396. The second-order valence-electron chi connectivity index (χ2n) is 3.97. The molecule has 1 aromatic rings. The van der Waals surface area contributed by atoms with Crippen molar-refractivity contribution in [3.8, 4) is 6.07 Å². The molecular weight excluding hydrogens is 212 g/mol. The van der Waals surface area contributed by atoms with Crippen LogP contribution in [0.2, 0.25) is 5.02 Å². The van der Waals surface area contributed by atoms with Gasteiger partial charge in [0, 0.05) is 5.02 Å². The van der Waals surface area contributed by atoms with E-state index in [1.54, 1.807) is 18.2 Å². The Balaban J connectivity index is 3.04. The Morgan fingerprint density at radius 3 is 2.73 bits per heavy atom. The summed E-state index contributed by atoms with van der Waals surface area (Å²) in [6, 6.07) is 7.06. The van der Waals surface area contributed by atoms with Crippen molar-refractivity contribution in [2.45, 2.75) is 19.4 Å². The van der Waals surface area contributed by atoms with E-state index < -0.39 is 5.54 Å². The molecule has 0 unspecified atom stereocenters. The Labute approximate surface area is 94.3 Å². The van der Waals surface area contributed by atoms with Gasteiger partial charge in [0.25, 0.3) is 0 Å². The zero-order valence-corrected chi connectivity index (χ0v) is 9.47. The fourth-order valence-electron chi connectivity index (χ4n) is 1.12. The first-order chi connectivity index (χ1) is 6.98. The lowest BCUT2D eigenvalue weighted by Crippen LogP contribution is -2.35. The number of halogens is 1. The first-order valence-corrected chi connectivity index (χ1v) is 4.95. The van der Waals surface area contributed by atoms with Gasteiger partial charge in [-0.05, 0) is 32.0 Å². The average molecular weight is 225 g/mol. The van der Waals surface area contributed by atoms with E-state index in [1.807, 2.05) is 13.8 Å². The van der Waals surface area contributed by atoms with Gasteiger partial charge in [-0.3, -0.25) is 0 Å². The highest BCUT2D eigenvalue weighted by molar-refractivity contribution is 6.30. The molecule has 0 saturated carbocycles. The zero-order valence-electron chi connectivity index (χ0n) is 8.71. The molecule has 0 bridgehead atoms. The minimum absolute atomic E-state index is 0.0234. The molecule has 3 nitrogen and oxygen atoms in total. The maximum atomic E-state index is 9.11. The highest BCUT2D eigenvalue weighted by Crippen LogP contribution is 2.23. The third kappa shape index (κ3) is 3.12. The molecule has 80 valence electrons. The fourth-order valence-corrected chi connectivity index (χ4v) is 1.29. The van der Waals surface area contributed by atoms with Crippen molar-refractivity contribution in [2.24, 2.45) is 0 Å². The zero-order chi connectivity index (χ0) is 11.5. The summed E-state index contributed by atoms with van der Waals surface area (Å²) in [5, 5.41) is 21.6. The number of rotatable bonds is 3. The molecule has 2 N–H and O–H groups in total. The van der Waals surface area contributed by atoms with Crippen molar-refractivity contribution < 1.29 is 5.11 Å². The van der Waals surface area contributed by atoms with Crippen LogP contribution in [-0.2, 0) is 0 Å². The number of hydrogen-bond acceptors (Lipinski definition) is 3. The smallest absolute Gasteiger partial charge is 0.101 e. The first kappa shape index (κ1) is 11.8. The average Bonchev–Trinajstić information content (AvgIpc) is 2.18. The van der Waals surface area contributed by atoms with E-state index >= 15 is 0 Å². The van der Waals surface area contributed by atoms with Gasteiger partial charge >= 0.3 is 0 Å². The topological polar surface area (TPSA) is 56.0 Å². The summed E-state index contributed by atoms with van der Waals surface area (Å²) in [4.78, 5) is 0. The van der Waals surface area contributed by atoms with E-state index in [4.69, 9.17) is 22.0 Å². The molecule has 0 aliphatic heterocycles. The Hall–Kier alpha value is -1.24. The number of aliphatic hydroxyl groups is 1. The summed E-state index contributed by atoms with van der Waals surface area (Å²) in [7, 11) is 0. The minimum Gasteiger partial charge on any atom is -0.394 e. The number of aliphatic hydroxyl groups excluding tert-OH is 1. The third-order valence-corrected chi connectivity index (χ3v) is 2.21. The number of nitriles is 1. The van der Waals surface area contributed by atoms with Gasteiger partial charge in [0.2, 0.25) is 0 Å². The molecule has 1 rings (SSSR count). The van der Waals surface area contributed by atoms with Crippen molar-refractivity contribution in [1.29, 1.82) is 5.26 Å². The maximum Gasteiger partial charge on any atom is 0.101 e. The highest BCUT2D eigenvalue weighted by Gasteiger charge is 2.17. The lowest BCUT2D eigenvalue weighted by atomic mass is 10.1. The Kier molecular flexibility index (Phi) is 3.57. The number of anilines is 1. The predicted molar refractivity (Wildman–Crippen MR) is 61.0 cm³/mol. The van der Waals surface area contributed by atoms with E-state index in [-0.39, 0.29) is 6.61 Å². The summed E-state index contributed by atoms with van der Waals surface area (Å²) < 4.78 is 0. The van der Waals surface area contributed by atoms with Crippen molar-refractivity contribution in [3.05, 3.63) is 28.8 Å². The van der Waals surface area contributed by atoms with Crippen molar-refractivity contribution >= 4 is 17.3 Å². The summed E-state index contributed by atoms with van der Waals surface area (Å²) in [6.45, 7) is 3.66. The summed E-state index contributed by atoms with van der Waals surface area (Å²) >= 11 is 5.83. The number of nitrogens with one attached hydrogen (secondary N) is 1. The fraction of sp³-hybridized carbons (Fsp3) is 0.364. The molecule has 0 aliphatic rings. The molecule has 0 aromatic heterocycles. The van der Waals surface area contributed by atoms with E-state index in [9.17, 15) is 0 Å². The first-order valence-electron chi connectivity index (χ1n) is 4.57. The second kappa shape index (κ2) is 4.52. The quantitative estimate of drug-likeness (QED) is 0.829. The molecular formula is C11H13ClN2O. The molecule has 15 heavy (non-hydrogen) atoms. The SMILES string of the molecule is CC(C)(CO)Nc1cc(Cl)ccc1C#N. The van der Waals surface area contributed by atoms with Crippen LogP contribution in [0.1, 0.15) is 19.4 Å². The lowest BCUT2D eigenvalue weighted by Gasteiger charge is -2.25. The van der Waals surface area contributed by atoms with Crippen LogP contribution in [0, 0.1) is 11.3 Å². The van der Waals surface area contributed by atoms with Crippen LogP contribution in [0.25, 0.3) is 0 Å². The second-order valence-corrected chi connectivity index (χ2v) is 4.41. The van der Waals surface area contributed by atoms with E-state index in [0.717, 1.165) is 0 Å². The van der Waals surface area contributed by atoms with Crippen LogP contribution in [0.4, 0.5) is 5.69 Å². The van der Waals surface area contributed by atoms with Gasteiger partial charge in [-0.1, -0.05) is 11.6 Å². The molecule has 4 heteroatoms. The normalized spacial score (nSPS) is 10.9. The van der Waals surface area contributed by atoms with E-state index in [1.165, 1.54) is 0 Å². The molecule has 0 saturated heterocycles. The molecule has 0 spiro atoms. The van der Waals surface area contributed by atoms with Gasteiger partial charge in [-0.2, -0.15) is 5.26 Å².